The number of halogens is 1. The number of aliphatic hydroxyl groups excluding tert-OH is 1. The van der Waals surface area contributed by atoms with Crippen molar-refractivity contribution in [2.75, 3.05) is 7.11 Å². The third-order valence-electron chi connectivity index (χ3n) is 3.66. The molecule has 0 amide bonds. The van der Waals surface area contributed by atoms with E-state index in [1.165, 1.54) is 0 Å². The van der Waals surface area contributed by atoms with Gasteiger partial charge in [0.1, 0.15) is 11.4 Å². The molecule has 0 aromatic heterocycles. The van der Waals surface area contributed by atoms with Crippen LogP contribution in [0.1, 0.15) is 45.3 Å². The highest BCUT2D eigenvalue weighted by Gasteiger charge is 2.40. The highest BCUT2D eigenvalue weighted by atomic mass is 79.9. The Morgan fingerprint density at radius 1 is 1.53 bits per heavy atom. The summed E-state index contributed by atoms with van der Waals surface area (Å²) in [5.41, 5.74) is 0.156. The molecule has 0 fully saturated rings. The molecule has 1 aliphatic rings. The summed E-state index contributed by atoms with van der Waals surface area (Å²) in [5, 5.41) is 10.3. The van der Waals surface area contributed by atoms with Gasteiger partial charge in [0, 0.05) is 30.0 Å². The van der Waals surface area contributed by atoms with Crippen LogP contribution in [0.3, 0.4) is 0 Å². The summed E-state index contributed by atoms with van der Waals surface area (Å²) in [7, 11) is 1.70. The van der Waals surface area contributed by atoms with Crippen molar-refractivity contribution < 1.29 is 14.6 Å². The number of benzene rings is 1. The summed E-state index contributed by atoms with van der Waals surface area (Å²) in [6, 6.07) is 5.75. The van der Waals surface area contributed by atoms with E-state index in [9.17, 15) is 5.11 Å². The second-order valence-electron chi connectivity index (χ2n) is 6.09. The average Bonchev–Trinajstić information content (AvgIpc) is 2.29. The predicted octanol–water partition coefficient (Wildman–Crippen LogP) is 3.84. The summed E-state index contributed by atoms with van der Waals surface area (Å²) in [6.45, 7) is 6.10. The lowest BCUT2D eigenvalue weighted by atomic mass is 9.82. The summed E-state index contributed by atoms with van der Waals surface area (Å²) in [6.07, 6.45) is 0.797. The van der Waals surface area contributed by atoms with Gasteiger partial charge in [0.15, 0.2) is 0 Å². The summed E-state index contributed by atoms with van der Waals surface area (Å²) >= 11 is 3.42. The van der Waals surface area contributed by atoms with Crippen molar-refractivity contribution in [1.29, 1.82) is 0 Å². The van der Waals surface area contributed by atoms with E-state index in [1.807, 2.05) is 39.0 Å². The van der Waals surface area contributed by atoms with Gasteiger partial charge in [-0.3, -0.25) is 0 Å². The summed E-state index contributed by atoms with van der Waals surface area (Å²) in [4.78, 5) is 0. The van der Waals surface area contributed by atoms with Crippen LogP contribution in [-0.2, 0) is 4.74 Å². The molecule has 3 nitrogen and oxygen atoms in total. The first kappa shape index (κ1) is 14.8. The minimum absolute atomic E-state index is 0.276. The lowest BCUT2D eigenvalue weighted by Crippen LogP contribution is -2.44. The number of hydrogen-bond acceptors (Lipinski definition) is 3. The van der Waals surface area contributed by atoms with Gasteiger partial charge < -0.3 is 14.6 Å². The fourth-order valence-electron chi connectivity index (χ4n) is 2.78. The van der Waals surface area contributed by atoms with Crippen molar-refractivity contribution in [3.63, 3.8) is 0 Å². The Balaban J connectivity index is 2.27. The molecule has 0 bridgehead atoms. The van der Waals surface area contributed by atoms with Crippen molar-refractivity contribution >= 4 is 15.9 Å². The van der Waals surface area contributed by atoms with E-state index in [-0.39, 0.29) is 5.60 Å². The normalized spacial score (nSPS) is 26.7. The standard InChI is InChI=1S/C15H21BrO3/c1-14(2,18-4)9-15(3)8-12(17)11-7-10(16)5-6-13(11)19-15/h5-7,12,17H,8-9H2,1-4H3/t12-,15?/m0/s1. The molecule has 0 aliphatic carbocycles. The van der Waals surface area contributed by atoms with E-state index >= 15 is 0 Å². The molecule has 2 atom stereocenters. The first-order chi connectivity index (χ1) is 8.75. The van der Waals surface area contributed by atoms with Crippen LogP contribution >= 0.6 is 15.9 Å². The van der Waals surface area contributed by atoms with Crippen LogP contribution in [0.4, 0.5) is 0 Å². The lowest BCUT2D eigenvalue weighted by Gasteiger charge is -2.42. The maximum absolute atomic E-state index is 10.3. The highest BCUT2D eigenvalue weighted by molar-refractivity contribution is 9.10. The Hall–Kier alpha value is -0.580. The Morgan fingerprint density at radius 3 is 2.84 bits per heavy atom. The summed E-state index contributed by atoms with van der Waals surface area (Å²) in [5.74, 6) is 0.761. The molecule has 1 aliphatic heterocycles. The molecule has 0 saturated carbocycles. The van der Waals surface area contributed by atoms with Crippen molar-refractivity contribution in [3.05, 3.63) is 28.2 Å². The average molecular weight is 329 g/mol. The minimum Gasteiger partial charge on any atom is -0.487 e. The molecule has 1 unspecified atom stereocenters. The van der Waals surface area contributed by atoms with Crippen LogP contribution in [0.5, 0.6) is 5.75 Å². The van der Waals surface area contributed by atoms with E-state index in [0.29, 0.717) is 6.42 Å². The Morgan fingerprint density at radius 2 is 2.21 bits per heavy atom. The van der Waals surface area contributed by atoms with Gasteiger partial charge in [0.25, 0.3) is 0 Å². The zero-order valence-electron chi connectivity index (χ0n) is 11.9. The van der Waals surface area contributed by atoms with E-state index < -0.39 is 11.7 Å². The molecule has 1 aromatic rings. The topological polar surface area (TPSA) is 38.7 Å². The van der Waals surface area contributed by atoms with E-state index in [2.05, 4.69) is 15.9 Å². The SMILES string of the molecule is COC(C)(C)CC1(C)C[C@H](O)c2cc(Br)ccc2O1. The van der Waals surface area contributed by atoms with Gasteiger partial charge in [-0.25, -0.2) is 0 Å². The predicted molar refractivity (Wildman–Crippen MR) is 78.5 cm³/mol. The third-order valence-corrected chi connectivity index (χ3v) is 4.16. The molecular formula is C15H21BrO3. The van der Waals surface area contributed by atoms with Gasteiger partial charge in [-0.2, -0.15) is 0 Å². The first-order valence-corrected chi connectivity index (χ1v) is 7.26. The zero-order valence-corrected chi connectivity index (χ0v) is 13.5. The van der Waals surface area contributed by atoms with Crippen LogP contribution in [-0.4, -0.2) is 23.4 Å². The molecule has 0 radical (unpaired) electrons. The Kier molecular flexibility index (Phi) is 3.96. The molecule has 1 heterocycles. The number of hydrogen-bond donors (Lipinski definition) is 1. The monoisotopic (exact) mass is 328 g/mol. The van der Waals surface area contributed by atoms with Gasteiger partial charge in [-0.15, -0.1) is 0 Å². The molecule has 19 heavy (non-hydrogen) atoms. The maximum atomic E-state index is 10.3. The number of fused-ring (bicyclic) bond motifs is 1. The molecule has 1 N–H and O–H groups in total. The fraction of sp³-hybridized carbons (Fsp3) is 0.600. The smallest absolute Gasteiger partial charge is 0.126 e. The van der Waals surface area contributed by atoms with E-state index in [1.54, 1.807) is 7.11 Å². The van der Waals surface area contributed by atoms with Crippen molar-refractivity contribution in [3.8, 4) is 5.75 Å². The minimum atomic E-state index is -0.501. The molecular weight excluding hydrogens is 308 g/mol. The second-order valence-corrected chi connectivity index (χ2v) is 7.01. The maximum Gasteiger partial charge on any atom is 0.126 e. The van der Waals surface area contributed by atoms with Gasteiger partial charge in [-0.1, -0.05) is 15.9 Å². The molecule has 4 heteroatoms. The number of ether oxygens (including phenoxy) is 2. The zero-order chi connectivity index (χ0) is 14.3. The van der Waals surface area contributed by atoms with Crippen molar-refractivity contribution in [2.45, 2.75) is 50.9 Å². The first-order valence-electron chi connectivity index (χ1n) is 6.46. The van der Waals surface area contributed by atoms with Crippen molar-refractivity contribution in [1.82, 2.24) is 0 Å². The van der Waals surface area contributed by atoms with Gasteiger partial charge in [0.05, 0.1) is 11.7 Å². The third kappa shape index (κ3) is 3.30. The fourth-order valence-corrected chi connectivity index (χ4v) is 3.16. The van der Waals surface area contributed by atoms with Crippen LogP contribution in [0.15, 0.2) is 22.7 Å². The number of rotatable bonds is 3. The second kappa shape index (κ2) is 5.08. The molecule has 0 saturated heterocycles. The molecule has 2 rings (SSSR count). The van der Waals surface area contributed by atoms with Gasteiger partial charge in [0.2, 0.25) is 0 Å². The molecule has 0 spiro atoms. The highest BCUT2D eigenvalue weighted by Crippen LogP contribution is 2.43. The van der Waals surface area contributed by atoms with E-state index in [4.69, 9.17) is 9.47 Å². The quantitative estimate of drug-likeness (QED) is 0.916. The van der Waals surface area contributed by atoms with E-state index in [0.717, 1.165) is 22.2 Å². The van der Waals surface area contributed by atoms with Crippen LogP contribution in [0, 0.1) is 0 Å². The summed E-state index contributed by atoms with van der Waals surface area (Å²) < 4.78 is 12.6. The Labute approximate surface area is 123 Å². The molecule has 1 aromatic carbocycles. The van der Waals surface area contributed by atoms with Gasteiger partial charge >= 0.3 is 0 Å². The largest absolute Gasteiger partial charge is 0.487 e. The lowest BCUT2D eigenvalue weighted by molar-refractivity contribution is -0.0746. The Bertz CT molecular complexity index is 472. The van der Waals surface area contributed by atoms with Crippen LogP contribution < -0.4 is 4.74 Å². The van der Waals surface area contributed by atoms with Crippen LogP contribution in [0.25, 0.3) is 0 Å². The van der Waals surface area contributed by atoms with Crippen LogP contribution in [0.2, 0.25) is 0 Å². The molecule has 106 valence electrons. The van der Waals surface area contributed by atoms with Gasteiger partial charge in [-0.05, 0) is 39.0 Å². The van der Waals surface area contributed by atoms with Crippen molar-refractivity contribution in [2.24, 2.45) is 0 Å². The number of aliphatic hydroxyl groups is 1. The number of methoxy groups -OCH3 is 1.